The molecule has 0 unspecified atom stereocenters. The van der Waals surface area contributed by atoms with Crippen LogP contribution < -0.4 is 16.0 Å². The fourth-order valence-corrected chi connectivity index (χ4v) is 3.94. The Kier molecular flexibility index (Phi) is 7.40. The molecule has 0 radical (unpaired) electrons. The van der Waals surface area contributed by atoms with Crippen LogP contribution in [-0.4, -0.2) is 35.2 Å². The third kappa shape index (κ3) is 6.03. The molecule has 1 aromatic carbocycles. The summed E-state index contributed by atoms with van der Waals surface area (Å²) in [5, 5.41) is 19.0. The number of aromatic nitrogens is 2. The molecule has 1 aromatic heterocycles. The SMILES string of the molecule is O=C(Nc1nnc(NCCCNC2CCCCC2)s1)c1ccc(Br)cc1. The smallest absolute Gasteiger partial charge is 0.257 e. The third-order valence-electron chi connectivity index (χ3n) is 4.42. The topological polar surface area (TPSA) is 78.9 Å². The van der Waals surface area contributed by atoms with E-state index < -0.39 is 0 Å². The Balaban J connectivity index is 1.36. The van der Waals surface area contributed by atoms with E-state index in [1.165, 1.54) is 43.4 Å². The van der Waals surface area contributed by atoms with E-state index in [4.69, 9.17) is 0 Å². The molecule has 1 amide bonds. The van der Waals surface area contributed by atoms with Gasteiger partial charge in [0.2, 0.25) is 10.3 Å². The Morgan fingerprint density at radius 3 is 2.58 bits per heavy atom. The van der Waals surface area contributed by atoms with Gasteiger partial charge in [0.05, 0.1) is 0 Å². The summed E-state index contributed by atoms with van der Waals surface area (Å²) in [5.74, 6) is -0.183. The molecular weight excluding hydrogens is 414 g/mol. The summed E-state index contributed by atoms with van der Waals surface area (Å²) in [7, 11) is 0. The van der Waals surface area contributed by atoms with Gasteiger partial charge in [-0.25, -0.2) is 0 Å². The Bertz CT molecular complexity index is 700. The Morgan fingerprint density at radius 2 is 1.81 bits per heavy atom. The molecule has 1 heterocycles. The number of hydrogen-bond acceptors (Lipinski definition) is 6. The lowest BCUT2D eigenvalue weighted by molar-refractivity contribution is 0.102. The van der Waals surface area contributed by atoms with Crippen LogP contribution >= 0.6 is 27.3 Å². The van der Waals surface area contributed by atoms with Crippen LogP contribution in [0.25, 0.3) is 0 Å². The second kappa shape index (κ2) is 9.99. The van der Waals surface area contributed by atoms with Crippen molar-refractivity contribution in [2.24, 2.45) is 0 Å². The minimum absolute atomic E-state index is 0.183. The second-order valence-electron chi connectivity index (χ2n) is 6.44. The average Bonchev–Trinajstić information content (AvgIpc) is 3.10. The number of hydrogen-bond donors (Lipinski definition) is 3. The minimum Gasteiger partial charge on any atom is -0.360 e. The quantitative estimate of drug-likeness (QED) is 0.537. The van der Waals surface area contributed by atoms with Crippen molar-refractivity contribution in [1.82, 2.24) is 15.5 Å². The monoisotopic (exact) mass is 437 g/mol. The predicted molar refractivity (Wildman–Crippen MR) is 110 cm³/mol. The van der Waals surface area contributed by atoms with Gasteiger partial charge in [-0.1, -0.05) is 46.5 Å². The Labute approximate surface area is 166 Å². The first-order valence-electron chi connectivity index (χ1n) is 9.08. The maximum atomic E-state index is 12.2. The van der Waals surface area contributed by atoms with E-state index in [0.29, 0.717) is 16.7 Å². The number of halogens is 1. The van der Waals surface area contributed by atoms with Crippen LogP contribution in [0, 0.1) is 0 Å². The number of nitrogens with one attached hydrogen (secondary N) is 3. The first-order valence-corrected chi connectivity index (χ1v) is 10.7. The lowest BCUT2D eigenvalue weighted by atomic mass is 9.95. The zero-order valence-electron chi connectivity index (χ0n) is 14.6. The van der Waals surface area contributed by atoms with Crippen molar-refractivity contribution in [3.63, 3.8) is 0 Å². The molecule has 3 rings (SSSR count). The molecule has 1 aliphatic carbocycles. The summed E-state index contributed by atoms with van der Waals surface area (Å²) < 4.78 is 0.939. The van der Waals surface area contributed by atoms with Gasteiger partial charge < -0.3 is 10.6 Å². The fraction of sp³-hybridized carbons (Fsp3) is 0.500. The largest absolute Gasteiger partial charge is 0.360 e. The number of benzene rings is 1. The standard InChI is InChI=1S/C18H24BrN5OS/c19-14-9-7-13(8-10-14)16(25)22-18-24-23-17(26-18)21-12-4-11-20-15-5-2-1-3-6-15/h7-10,15,20H,1-6,11-12H2,(H,21,23)(H,22,24,25). The van der Waals surface area contributed by atoms with Crippen LogP contribution in [0.1, 0.15) is 48.9 Å². The van der Waals surface area contributed by atoms with Gasteiger partial charge in [-0.2, -0.15) is 0 Å². The molecule has 1 aliphatic rings. The zero-order chi connectivity index (χ0) is 18.2. The second-order valence-corrected chi connectivity index (χ2v) is 8.34. The first kappa shape index (κ1) is 19.3. The molecule has 2 aromatic rings. The van der Waals surface area contributed by atoms with E-state index in [1.54, 1.807) is 12.1 Å². The third-order valence-corrected chi connectivity index (χ3v) is 5.74. The van der Waals surface area contributed by atoms with Crippen LogP contribution in [0.2, 0.25) is 0 Å². The van der Waals surface area contributed by atoms with Gasteiger partial charge in [0, 0.05) is 22.6 Å². The highest BCUT2D eigenvalue weighted by atomic mass is 79.9. The van der Waals surface area contributed by atoms with Crippen LogP contribution in [-0.2, 0) is 0 Å². The molecular formula is C18H24BrN5OS. The highest BCUT2D eigenvalue weighted by Gasteiger charge is 2.12. The Morgan fingerprint density at radius 1 is 1.08 bits per heavy atom. The molecule has 0 spiro atoms. The predicted octanol–water partition coefficient (Wildman–Crippen LogP) is 4.28. The van der Waals surface area contributed by atoms with Gasteiger partial charge in [-0.15, -0.1) is 10.2 Å². The normalized spacial score (nSPS) is 15.0. The number of carbonyl (C=O) groups excluding carboxylic acids is 1. The van der Waals surface area contributed by atoms with Gasteiger partial charge >= 0.3 is 0 Å². The molecule has 8 heteroatoms. The number of nitrogens with zero attached hydrogens (tertiary/aromatic N) is 2. The Hall–Kier alpha value is -1.51. The maximum Gasteiger partial charge on any atom is 0.257 e. The molecule has 0 aliphatic heterocycles. The van der Waals surface area contributed by atoms with E-state index in [9.17, 15) is 4.79 Å². The van der Waals surface area contributed by atoms with Crippen molar-refractivity contribution in [1.29, 1.82) is 0 Å². The summed E-state index contributed by atoms with van der Waals surface area (Å²) in [6.07, 6.45) is 7.76. The molecule has 26 heavy (non-hydrogen) atoms. The summed E-state index contributed by atoms with van der Waals surface area (Å²) in [6, 6.07) is 7.90. The van der Waals surface area contributed by atoms with Gasteiger partial charge in [0.25, 0.3) is 5.91 Å². The fourth-order valence-electron chi connectivity index (χ4n) is 3.01. The molecule has 0 atom stereocenters. The number of rotatable bonds is 8. The van der Waals surface area contributed by atoms with E-state index in [1.807, 2.05) is 12.1 Å². The molecule has 0 bridgehead atoms. The van der Waals surface area contributed by atoms with Crippen LogP contribution in [0.3, 0.4) is 0 Å². The molecule has 140 valence electrons. The van der Waals surface area contributed by atoms with Crippen LogP contribution in [0.5, 0.6) is 0 Å². The first-order chi connectivity index (χ1) is 12.7. The van der Waals surface area contributed by atoms with Gasteiger partial charge in [0.1, 0.15) is 0 Å². The molecule has 6 nitrogen and oxygen atoms in total. The van der Waals surface area contributed by atoms with E-state index in [-0.39, 0.29) is 5.91 Å². The van der Waals surface area contributed by atoms with Gasteiger partial charge in [-0.05, 0) is 50.1 Å². The summed E-state index contributed by atoms with van der Waals surface area (Å²) in [5.41, 5.74) is 0.590. The van der Waals surface area contributed by atoms with Gasteiger partial charge in [0.15, 0.2) is 0 Å². The van der Waals surface area contributed by atoms with E-state index >= 15 is 0 Å². The minimum atomic E-state index is -0.183. The van der Waals surface area contributed by atoms with Crippen LogP contribution in [0.4, 0.5) is 10.3 Å². The lowest BCUT2D eigenvalue weighted by Gasteiger charge is -2.22. The van der Waals surface area contributed by atoms with Crippen molar-refractivity contribution in [2.75, 3.05) is 23.7 Å². The molecule has 3 N–H and O–H groups in total. The van der Waals surface area contributed by atoms with Crippen LogP contribution in [0.15, 0.2) is 28.7 Å². The lowest BCUT2D eigenvalue weighted by Crippen LogP contribution is -2.32. The van der Waals surface area contributed by atoms with Gasteiger partial charge in [-0.3, -0.25) is 10.1 Å². The van der Waals surface area contributed by atoms with Crippen molar-refractivity contribution < 1.29 is 4.79 Å². The number of anilines is 2. The molecule has 1 fully saturated rings. The highest BCUT2D eigenvalue weighted by molar-refractivity contribution is 9.10. The molecule has 1 saturated carbocycles. The van der Waals surface area contributed by atoms with Crippen molar-refractivity contribution in [3.05, 3.63) is 34.3 Å². The van der Waals surface area contributed by atoms with E-state index in [2.05, 4.69) is 42.1 Å². The van der Waals surface area contributed by atoms with Crippen molar-refractivity contribution in [2.45, 2.75) is 44.6 Å². The molecule has 0 saturated heterocycles. The van der Waals surface area contributed by atoms with Crippen molar-refractivity contribution >= 4 is 43.4 Å². The summed E-state index contributed by atoms with van der Waals surface area (Å²) in [6.45, 7) is 1.86. The number of amides is 1. The zero-order valence-corrected chi connectivity index (χ0v) is 17.0. The number of carbonyl (C=O) groups is 1. The summed E-state index contributed by atoms with van der Waals surface area (Å²) >= 11 is 4.71. The highest BCUT2D eigenvalue weighted by Crippen LogP contribution is 2.21. The van der Waals surface area contributed by atoms with Crippen molar-refractivity contribution in [3.8, 4) is 0 Å². The summed E-state index contributed by atoms with van der Waals surface area (Å²) in [4.78, 5) is 12.2. The average molecular weight is 438 g/mol. The van der Waals surface area contributed by atoms with E-state index in [0.717, 1.165) is 29.1 Å². The maximum absolute atomic E-state index is 12.2.